The topological polar surface area (TPSA) is 58.4 Å². The molecule has 0 unspecified atom stereocenters. The summed E-state index contributed by atoms with van der Waals surface area (Å²) in [4.78, 5) is 18.1. The molecule has 2 heterocycles. The number of nitrogens with one attached hydrogen (secondary N) is 1. The largest absolute Gasteiger partial charge is 0.467 e. The third-order valence-electron chi connectivity index (χ3n) is 3.22. The summed E-state index contributed by atoms with van der Waals surface area (Å²) in [5.41, 5.74) is 1.33. The van der Waals surface area contributed by atoms with E-state index in [1.807, 2.05) is 25.2 Å². The first-order valence-electron chi connectivity index (χ1n) is 7.18. The van der Waals surface area contributed by atoms with Crippen LogP contribution in [-0.4, -0.2) is 29.4 Å². The maximum Gasteiger partial charge on any atom is 0.272 e. The molecule has 1 N–H and O–H groups in total. The highest BCUT2D eigenvalue weighted by Crippen LogP contribution is 2.10. The van der Waals surface area contributed by atoms with Gasteiger partial charge in [-0.15, -0.1) is 0 Å². The average Bonchev–Trinajstić information content (AvgIpc) is 3.04. The maximum absolute atomic E-state index is 12.1. The number of anilines is 1. The Balaban J connectivity index is 1.90. The Morgan fingerprint density at radius 3 is 2.86 bits per heavy atom. The van der Waals surface area contributed by atoms with Gasteiger partial charge in [-0.3, -0.25) is 4.79 Å². The zero-order valence-electron chi connectivity index (χ0n) is 12.5. The number of aromatic nitrogens is 1. The number of furan rings is 1. The molecule has 0 aromatic carbocycles. The number of hydrogen-bond acceptors (Lipinski definition) is 4. The molecule has 0 aliphatic carbocycles. The van der Waals surface area contributed by atoms with E-state index in [1.54, 1.807) is 23.4 Å². The Morgan fingerprint density at radius 1 is 1.38 bits per heavy atom. The van der Waals surface area contributed by atoms with Crippen molar-refractivity contribution in [1.82, 2.24) is 9.88 Å². The van der Waals surface area contributed by atoms with Crippen LogP contribution in [0.5, 0.6) is 0 Å². The lowest BCUT2D eigenvalue weighted by molar-refractivity contribution is 0.0787. The number of pyridine rings is 1. The van der Waals surface area contributed by atoms with E-state index in [0.717, 1.165) is 30.8 Å². The van der Waals surface area contributed by atoms with Crippen molar-refractivity contribution in [2.45, 2.75) is 26.3 Å². The molecule has 112 valence electrons. The van der Waals surface area contributed by atoms with E-state index in [9.17, 15) is 4.79 Å². The molecule has 0 aliphatic rings. The number of rotatable bonds is 7. The summed E-state index contributed by atoms with van der Waals surface area (Å²) in [5, 5.41) is 3.20. The molecule has 1 amide bonds. The van der Waals surface area contributed by atoms with E-state index in [2.05, 4.69) is 17.2 Å². The average molecular weight is 287 g/mol. The van der Waals surface area contributed by atoms with Crippen molar-refractivity contribution in [3.63, 3.8) is 0 Å². The molecule has 5 nitrogen and oxygen atoms in total. The number of amides is 1. The minimum Gasteiger partial charge on any atom is -0.467 e. The van der Waals surface area contributed by atoms with E-state index in [1.165, 1.54) is 0 Å². The first kappa shape index (κ1) is 15.1. The number of hydrogen-bond donors (Lipinski definition) is 1. The van der Waals surface area contributed by atoms with Crippen molar-refractivity contribution in [3.05, 3.63) is 48.2 Å². The Hall–Kier alpha value is -2.30. The number of carbonyl (C=O) groups excluding carboxylic acids is 1. The van der Waals surface area contributed by atoms with E-state index < -0.39 is 0 Å². The molecule has 5 heteroatoms. The van der Waals surface area contributed by atoms with Crippen LogP contribution in [0, 0.1) is 0 Å². The minimum absolute atomic E-state index is 0.0407. The lowest BCUT2D eigenvalue weighted by atomic mass is 10.2. The summed E-state index contributed by atoms with van der Waals surface area (Å²) in [6.07, 6.45) is 5.39. The predicted octanol–water partition coefficient (Wildman–Crippen LogP) is 3.16. The fraction of sp³-hybridized carbons (Fsp3) is 0.375. The highest BCUT2D eigenvalue weighted by atomic mass is 16.3. The SMILES string of the molecule is CCCCN(C)C(=O)c1ccc(NCc2ccco2)cn1. The molecule has 0 atom stereocenters. The van der Waals surface area contributed by atoms with E-state index in [0.29, 0.717) is 12.2 Å². The van der Waals surface area contributed by atoms with E-state index in [4.69, 9.17) is 4.42 Å². The number of carbonyl (C=O) groups is 1. The molecule has 0 fully saturated rings. The standard InChI is InChI=1S/C16H21N3O2/c1-3-4-9-19(2)16(20)15-8-7-13(11-18-15)17-12-14-6-5-10-21-14/h5-8,10-11,17H,3-4,9,12H2,1-2H3. The third-order valence-corrected chi connectivity index (χ3v) is 3.22. The second-order valence-corrected chi connectivity index (χ2v) is 4.95. The summed E-state index contributed by atoms with van der Waals surface area (Å²) in [6, 6.07) is 7.36. The van der Waals surface area contributed by atoms with E-state index in [-0.39, 0.29) is 5.91 Å². The Bertz CT molecular complexity index is 549. The normalized spacial score (nSPS) is 10.4. The third kappa shape index (κ3) is 4.34. The molecule has 0 saturated carbocycles. The van der Waals surface area contributed by atoms with Gasteiger partial charge in [-0.1, -0.05) is 13.3 Å². The summed E-state index contributed by atoms with van der Waals surface area (Å²) < 4.78 is 5.24. The molecular weight excluding hydrogens is 266 g/mol. The van der Waals surface area contributed by atoms with Gasteiger partial charge < -0.3 is 14.6 Å². The molecule has 0 saturated heterocycles. The molecule has 2 aromatic heterocycles. The van der Waals surface area contributed by atoms with Crippen LogP contribution in [0.15, 0.2) is 41.1 Å². The zero-order chi connectivity index (χ0) is 15.1. The fourth-order valence-electron chi connectivity index (χ4n) is 1.92. The lowest BCUT2D eigenvalue weighted by Gasteiger charge is -2.16. The summed E-state index contributed by atoms with van der Waals surface area (Å²) in [6.45, 7) is 3.46. The van der Waals surface area contributed by atoms with Gasteiger partial charge in [0, 0.05) is 13.6 Å². The van der Waals surface area contributed by atoms with E-state index >= 15 is 0 Å². The predicted molar refractivity (Wildman–Crippen MR) is 82.1 cm³/mol. The Morgan fingerprint density at radius 2 is 2.24 bits per heavy atom. The fourth-order valence-corrected chi connectivity index (χ4v) is 1.92. The molecule has 21 heavy (non-hydrogen) atoms. The number of unbranched alkanes of at least 4 members (excludes halogenated alkanes) is 1. The van der Waals surface area contributed by atoms with Crippen molar-refractivity contribution in [2.24, 2.45) is 0 Å². The van der Waals surface area contributed by atoms with Crippen LogP contribution in [0.25, 0.3) is 0 Å². The van der Waals surface area contributed by atoms with Crippen LogP contribution in [-0.2, 0) is 6.54 Å². The Labute approximate surface area is 125 Å². The van der Waals surface area contributed by atoms with Crippen LogP contribution in [0.3, 0.4) is 0 Å². The van der Waals surface area contributed by atoms with Crippen molar-refractivity contribution in [3.8, 4) is 0 Å². The van der Waals surface area contributed by atoms with Crippen LogP contribution in [0.2, 0.25) is 0 Å². The summed E-state index contributed by atoms with van der Waals surface area (Å²) in [5.74, 6) is 0.815. The quantitative estimate of drug-likeness (QED) is 0.850. The van der Waals surface area contributed by atoms with Gasteiger partial charge in [0.1, 0.15) is 11.5 Å². The maximum atomic E-state index is 12.1. The van der Waals surface area contributed by atoms with Crippen molar-refractivity contribution < 1.29 is 9.21 Å². The van der Waals surface area contributed by atoms with Gasteiger partial charge in [0.2, 0.25) is 0 Å². The van der Waals surface area contributed by atoms with Gasteiger partial charge in [0.15, 0.2) is 0 Å². The van der Waals surface area contributed by atoms with Crippen LogP contribution < -0.4 is 5.32 Å². The van der Waals surface area contributed by atoms with Gasteiger partial charge >= 0.3 is 0 Å². The highest BCUT2D eigenvalue weighted by Gasteiger charge is 2.12. The van der Waals surface area contributed by atoms with Gasteiger partial charge in [0.25, 0.3) is 5.91 Å². The molecule has 0 spiro atoms. The van der Waals surface area contributed by atoms with Crippen LogP contribution in [0.1, 0.15) is 36.0 Å². The van der Waals surface area contributed by atoms with Crippen molar-refractivity contribution in [1.29, 1.82) is 0 Å². The van der Waals surface area contributed by atoms with Crippen molar-refractivity contribution in [2.75, 3.05) is 18.9 Å². The number of nitrogens with zero attached hydrogens (tertiary/aromatic N) is 2. The smallest absolute Gasteiger partial charge is 0.272 e. The van der Waals surface area contributed by atoms with Gasteiger partial charge in [-0.25, -0.2) is 4.98 Å². The first-order chi connectivity index (χ1) is 10.2. The highest BCUT2D eigenvalue weighted by molar-refractivity contribution is 5.92. The van der Waals surface area contributed by atoms with Crippen LogP contribution in [0.4, 0.5) is 5.69 Å². The minimum atomic E-state index is -0.0407. The molecule has 2 rings (SSSR count). The van der Waals surface area contributed by atoms with Gasteiger partial charge in [-0.05, 0) is 30.7 Å². The van der Waals surface area contributed by atoms with Gasteiger partial charge in [0.05, 0.1) is 24.7 Å². The molecule has 0 bridgehead atoms. The molecule has 0 radical (unpaired) electrons. The van der Waals surface area contributed by atoms with Gasteiger partial charge in [-0.2, -0.15) is 0 Å². The second-order valence-electron chi connectivity index (χ2n) is 4.95. The van der Waals surface area contributed by atoms with Crippen molar-refractivity contribution >= 4 is 11.6 Å². The summed E-state index contributed by atoms with van der Waals surface area (Å²) in [7, 11) is 1.81. The molecule has 2 aromatic rings. The molecular formula is C16H21N3O2. The zero-order valence-corrected chi connectivity index (χ0v) is 12.5. The van der Waals surface area contributed by atoms with Crippen LogP contribution >= 0.6 is 0 Å². The lowest BCUT2D eigenvalue weighted by Crippen LogP contribution is -2.28. The Kier molecular flexibility index (Phi) is 5.37. The first-order valence-corrected chi connectivity index (χ1v) is 7.18. The monoisotopic (exact) mass is 287 g/mol. The summed E-state index contributed by atoms with van der Waals surface area (Å²) >= 11 is 0. The second kappa shape index (κ2) is 7.47. The molecule has 0 aliphatic heterocycles.